The molecule has 5 aromatic rings. The SMILES string of the molecule is Cc1ccccc1/C=C(\NC(=O)c1ccccc1)C(=O)Nc1cccc(SC(C(=O)Nc2c(C)cccc2C)c2ccccc2)c1. The topological polar surface area (TPSA) is 87.3 Å². The second-order valence-electron chi connectivity index (χ2n) is 10.9. The molecule has 0 aliphatic rings. The van der Waals surface area contributed by atoms with Crippen LogP contribution in [0.25, 0.3) is 6.08 Å². The number of amides is 3. The fourth-order valence-corrected chi connectivity index (χ4v) is 6.01. The monoisotopic (exact) mass is 625 g/mol. The number of anilines is 2. The van der Waals surface area contributed by atoms with Gasteiger partial charge in [-0.1, -0.05) is 97.1 Å². The number of carbonyl (C=O) groups is 3. The van der Waals surface area contributed by atoms with Crippen molar-refractivity contribution in [2.24, 2.45) is 0 Å². The molecule has 0 bridgehead atoms. The van der Waals surface area contributed by atoms with Gasteiger partial charge in [0, 0.05) is 21.8 Å². The highest BCUT2D eigenvalue weighted by Gasteiger charge is 2.24. The average molecular weight is 626 g/mol. The van der Waals surface area contributed by atoms with E-state index in [1.54, 1.807) is 36.4 Å². The second-order valence-corrected chi connectivity index (χ2v) is 12.1. The smallest absolute Gasteiger partial charge is 0.272 e. The lowest BCUT2D eigenvalue weighted by molar-refractivity contribution is -0.116. The molecule has 0 aliphatic carbocycles. The predicted molar refractivity (Wildman–Crippen MR) is 188 cm³/mol. The fourth-order valence-electron chi connectivity index (χ4n) is 4.93. The molecule has 46 heavy (non-hydrogen) atoms. The molecule has 1 unspecified atom stereocenters. The van der Waals surface area contributed by atoms with Crippen molar-refractivity contribution in [1.82, 2.24) is 5.32 Å². The lowest BCUT2D eigenvalue weighted by atomic mass is 10.1. The minimum Gasteiger partial charge on any atom is -0.324 e. The van der Waals surface area contributed by atoms with Crippen molar-refractivity contribution < 1.29 is 14.4 Å². The van der Waals surface area contributed by atoms with Crippen molar-refractivity contribution in [3.8, 4) is 0 Å². The van der Waals surface area contributed by atoms with E-state index in [0.29, 0.717) is 11.3 Å². The molecule has 0 aliphatic heterocycles. The highest BCUT2D eigenvalue weighted by atomic mass is 32.2. The van der Waals surface area contributed by atoms with Gasteiger partial charge in [-0.25, -0.2) is 0 Å². The van der Waals surface area contributed by atoms with Crippen molar-refractivity contribution in [3.63, 3.8) is 0 Å². The van der Waals surface area contributed by atoms with Crippen LogP contribution in [-0.4, -0.2) is 17.7 Å². The molecule has 3 N–H and O–H groups in total. The summed E-state index contributed by atoms with van der Waals surface area (Å²) in [5.41, 5.74) is 6.50. The highest BCUT2D eigenvalue weighted by molar-refractivity contribution is 8.00. The van der Waals surface area contributed by atoms with Gasteiger partial charge in [0.05, 0.1) is 0 Å². The zero-order chi connectivity index (χ0) is 32.5. The number of rotatable bonds is 10. The molecule has 0 heterocycles. The summed E-state index contributed by atoms with van der Waals surface area (Å²) in [5, 5.41) is 8.33. The minimum atomic E-state index is -0.548. The van der Waals surface area contributed by atoms with E-state index < -0.39 is 11.2 Å². The first-order valence-corrected chi connectivity index (χ1v) is 15.8. The Kier molecular flexibility index (Phi) is 10.5. The molecule has 0 saturated carbocycles. The molecule has 0 saturated heterocycles. The molecule has 0 spiro atoms. The van der Waals surface area contributed by atoms with E-state index in [2.05, 4.69) is 16.0 Å². The number of benzene rings is 5. The van der Waals surface area contributed by atoms with Crippen LogP contribution < -0.4 is 16.0 Å². The maximum absolute atomic E-state index is 13.7. The normalized spacial score (nSPS) is 11.8. The first-order chi connectivity index (χ1) is 22.3. The van der Waals surface area contributed by atoms with Crippen molar-refractivity contribution in [2.75, 3.05) is 10.6 Å². The second kappa shape index (κ2) is 15.1. The number of thioether (sulfide) groups is 1. The van der Waals surface area contributed by atoms with Crippen molar-refractivity contribution >= 4 is 46.9 Å². The van der Waals surface area contributed by atoms with Crippen molar-refractivity contribution in [3.05, 3.63) is 166 Å². The Morgan fingerprint density at radius 2 is 1.26 bits per heavy atom. The minimum absolute atomic E-state index is 0.108. The summed E-state index contributed by atoms with van der Waals surface area (Å²) in [4.78, 5) is 41.3. The van der Waals surface area contributed by atoms with Crippen LogP contribution in [-0.2, 0) is 9.59 Å². The molecule has 1 atom stereocenters. The van der Waals surface area contributed by atoms with Gasteiger partial charge in [-0.2, -0.15) is 0 Å². The first kappa shape index (κ1) is 32.0. The number of nitrogens with one attached hydrogen (secondary N) is 3. The van der Waals surface area contributed by atoms with Gasteiger partial charge in [0.25, 0.3) is 11.8 Å². The van der Waals surface area contributed by atoms with Crippen LogP contribution >= 0.6 is 11.8 Å². The Balaban J connectivity index is 1.39. The third-order valence-corrected chi connectivity index (χ3v) is 8.68. The number of carbonyl (C=O) groups excluding carboxylic acids is 3. The Morgan fingerprint density at radius 3 is 1.96 bits per heavy atom. The number of hydrogen-bond donors (Lipinski definition) is 3. The van der Waals surface area contributed by atoms with E-state index in [1.807, 2.05) is 118 Å². The van der Waals surface area contributed by atoms with E-state index in [9.17, 15) is 14.4 Å². The van der Waals surface area contributed by atoms with Gasteiger partial charge in [-0.05, 0) is 85.0 Å². The van der Waals surface area contributed by atoms with Gasteiger partial charge in [0.15, 0.2) is 0 Å². The average Bonchev–Trinajstić information content (AvgIpc) is 3.07. The van der Waals surface area contributed by atoms with Crippen molar-refractivity contribution in [1.29, 1.82) is 0 Å². The third kappa shape index (κ3) is 8.20. The molecule has 0 aromatic heterocycles. The lowest BCUT2D eigenvalue weighted by Gasteiger charge is -2.19. The van der Waals surface area contributed by atoms with Crippen LogP contribution in [0.4, 0.5) is 11.4 Å². The van der Waals surface area contributed by atoms with Crippen LogP contribution in [0.1, 0.15) is 43.4 Å². The van der Waals surface area contributed by atoms with Crippen LogP contribution in [0.3, 0.4) is 0 Å². The predicted octanol–water partition coefficient (Wildman–Crippen LogP) is 8.49. The standard InChI is InChI=1S/C39H35N3O3S/c1-26-14-10-11-21-31(26)24-34(41-37(43)30-19-8-5-9-20-30)38(44)40-32-22-13-23-33(25-32)46-36(29-17-6-4-7-18-29)39(45)42-35-27(2)15-12-16-28(35)3/h4-25,36H,1-3H3,(H,40,44)(H,41,43)(H,42,45)/b34-24-. The molecule has 7 heteroatoms. The molecule has 5 rings (SSSR count). The van der Waals surface area contributed by atoms with Crippen molar-refractivity contribution in [2.45, 2.75) is 30.9 Å². The first-order valence-electron chi connectivity index (χ1n) is 14.9. The molecule has 6 nitrogen and oxygen atoms in total. The van der Waals surface area contributed by atoms with Gasteiger partial charge in [0.2, 0.25) is 5.91 Å². The Bertz CT molecular complexity index is 1870. The van der Waals surface area contributed by atoms with E-state index in [4.69, 9.17) is 0 Å². The van der Waals surface area contributed by atoms with E-state index in [-0.39, 0.29) is 17.5 Å². The highest BCUT2D eigenvalue weighted by Crippen LogP contribution is 2.37. The molecular formula is C39H35N3O3S. The molecule has 3 amide bonds. The zero-order valence-corrected chi connectivity index (χ0v) is 26.7. The van der Waals surface area contributed by atoms with E-state index in [0.717, 1.165) is 38.4 Å². The Morgan fingerprint density at radius 1 is 0.652 bits per heavy atom. The van der Waals surface area contributed by atoms with E-state index >= 15 is 0 Å². The lowest BCUT2D eigenvalue weighted by Crippen LogP contribution is -2.30. The van der Waals surface area contributed by atoms with Crippen LogP contribution in [0.5, 0.6) is 0 Å². The Hall–Kier alpha value is -5.40. The van der Waals surface area contributed by atoms with Gasteiger partial charge in [-0.3, -0.25) is 14.4 Å². The van der Waals surface area contributed by atoms with E-state index in [1.165, 1.54) is 11.8 Å². The van der Waals surface area contributed by atoms with Crippen LogP contribution in [0, 0.1) is 20.8 Å². The molecule has 5 aromatic carbocycles. The number of aryl methyl sites for hydroxylation is 3. The summed E-state index contributed by atoms with van der Waals surface area (Å²) in [5.74, 6) is -1.00. The molecular weight excluding hydrogens is 591 g/mol. The summed E-state index contributed by atoms with van der Waals surface area (Å²) in [6, 6.07) is 39.3. The summed E-state index contributed by atoms with van der Waals surface area (Å²) in [6.45, 7) is 5.90. The summed E-state index contributed by atoms with van der Waals surface area (Å²) < 4.78 is 0. The third-order valence-electron chi connectivity index (χ3n) is 7.43. The summed E-state index contributed by atoms with van der Waals surface area (Å²) in [6.07, 6.45) is 1.67. The van der Waals surface area contributed by atoms with Gasteiger partial charge in [-0.15, -0.1) is 11.8 Å². The molecule has 230 valence electrons. The molecule has 0 radical (unpaired) electrons. The maximum atomic E-state index is 13.7. The van der Waals surface area contributed by atoms with Gasteiger partial charge < -0.3 is 16.0 Å². The van der Waals surface area contributed by atoms with Crippen LogP contribution in [0.2, 0.25) is 0 Å². The quantitative estimate of drug-likeness (QED) is 0.107. The maximum Gasteiger partial charge on any atom is 0.272 e. The molecule has 0 fully saturated rings. The van der Waals surface area contributed by atoms with Gasteiger partial charge >= 0.3 is 0 Å². The van der Waals surface area contributed by atoms with Crippen LogP contribution in [0.15, 0.2) is 138 Å². The summed E-state index contributed by atoms with van der Waals surface area (Å²) >= 11 is 1.40. The Labute approximate surface area is 274 Å². The summed E-state index contributed by atoms with van der Waals surface area (Å²) in [7, 11) is 0. The number of para-hydroxylation sites is 1. The fraction of sp³-hybridized carbons (Fsp3) is 0.103. The zero-order valence-electron chi connectivity index (χ0n) is 25.9. The van der Waals surface area contributed by atoms with Gasteiger partial charge in [0.1, 0.15) is 10.9 Å². The largest absolute Gasteiger partial charge is 0.324 e. The number of hydrogen-bond acceptors (Lipinski definition) is 4.